The van der Waals surface area contributed by atoms with E-state index in [-0.39, 0.29) is 23.9 Å². The molecule has 180 valence electrons. The number of amides is 2. The zero-order chi connectivity index (χ0) is 25.1. The number of likely N-dealkylation sites (tertiary alicyclic amines) is 2. The summed E-state index contributed by atoms with van der Waals surface area (Å²) in [6.07, 6.45) is 11.4. The van der Waals surface area contributed by atoms with E-state index in [9.17, 15) is 19.2 Å². The van der Waals surface area contributed by atoms with Gasteiger partial charge in [-0.15, -0.1) is 0 Å². The molecule has 2 saturated heterocycles. The van der Waals surface area contributed by atoms with Gasteiger partial charge in [0.2, 0.25) is 11.8 Å². The van der Waals surface area contributed by atoms with E-state index in [0.29, 0.717) is 25.0 Å². The molecule has 2 amide bonds. The molecule has 2 N–H and O–H groups in total. The lowest BCUT2D eigenvalue weighted by Gasteiger charge is -2.19. The van der Waals surface area contributed by atoms with E-state index in [0.717, 1.165) is 24.0 Å². The van der Waals surface area contributed by atoms with Crippen molar-refractivity contribution < 1.29 is 29.4 Å². The number of pyridine rings is 2. The van der Waals surface area contributed by atoms with Crippen LogP contribution in [-0.2, 0) is 19.2 Å². The van der Waals surface area contributed by atoms with Crippen LogP contribution in [0.3, 0.4) is 0 Å². The summed E-state index contributed by atoms with van der Waals surface area (Å²) in [5.41, 5.74) is 2.27. The van der Waals surface area contributed by atoms with Crippen molar-refractivity contribution in [1.29, 1.82) is 0 Å². The molecule has 10 nitrogen and oxygen atoms in total. The number of carbonyl (C=O) groups excluding carboxylic acids is 2. The van der Waals surface area contributed by atoms with Crippen LogP contribution in [0.15, 0.2) is 61.2 Å². The number of carboxylic acid groups (broad SMARTS) is 2. The van der Waals surface area contributed by atoms with Crippen LogP contribution in [0, 0.1) is 0 Å². The molecule has 2 aromatic rings. The fourth-order valence-corrected chi connectivity index (χ4v) is 3.68. The van der Waals surface area contributed by atoms with E-state index in [2.05, 4.69) is 9.97 Å². The number of aromatic nitrogens is 2. The van der Waals surface area contributed by atoms with Crippen LogP contribution < -0.4 is 0 Å². The van der Waals surface area contributed by atoms with Crippen molar-refractivity contribution in [3.63, 3.8) is 0 Å². The zero-order valence-corrected chi connectivity index (χ0v) is 19.1. The zero-order valence-electron chi connectivity index (χ0n) is 19.1. The molecule has 0 bridgehead atoms. The molecule has 0 radical (unpaired) electrons. The summed E-state index contributed by atoms with van der Waals surface area (Å²) < 4.78 is 0. The molecule has 0 aromatic carbocycles. The first-order valence-corrected chi connectivity index (χ1v) is 10.7. The number of carboxylic acids is 2. The van der Waals surface area contributed by atoms with Gasteiger partial charge >= 0.3 is 11.9 Å². The Hall–Kier alpha value is -4.08. The van der Waals surface area contributed by atoms with E-state index in [1.54, 1.807) is 22.2 Å². The molecule has 10 heteroatoms. The molecule has 2 aromatic heterocycles. The summed E-state index contributed by atoms with van der Waals surface area (Å²) in [7, 11) is 3.71. The Morgan fingerprint density at radius 1 is 0.824 bits per heavy atom. The molecule has 0 unspecified atom stereocenters. The first-order valence-electron chi connectivity index (χ1n) is 10.7. The monoisotopic (exact) mass is 468 g/mol. The van der Waals surface area contributed by atoms with Crippen molar-refractivity contribution in [1.82, 2.24) is 19.8 Å². The topological polar surface area (TPSA) is 141 Å². The Kier molecular flexibility index (Phi) is 9.88. The normalized spacial score (nSPS) is 19.4. The molecule has 2 aliphatic rings. The van der Waals surface area contributed by atoms with Gasteiger partial charge < -0.3 is 20.0 Å². The average Bonchev–Trinajstić information content (AvgIpc) is 3.35. The van der Waals surface area contributed by atoms with Crippen molar-refractivity contribution in [3.05, 3.63) is 72.3 Å². The van der Waals surface area contributed by atoms with Gasteiger partial charge in [-0.2, -0.15) is 0 Å². The smallest absolute Gasteiger partial charge is 0.328 e. The van der Waals surface area contributed by atoms with E-state index >= 15 is 0 Å². The van der Waals surface area contributed by atoms with Crippen molar-refractivity contribution >= 4 is 23.8 Å². The summed E-state index contributed by atoms with van der Waals surface area (Å²) in [6.45, 7) is 0. The van der Waals surface area contributed by atoms with Gasteiger partial charge in [0, 0.05) is 63.9 Å². The highest BCUT2D eigenvalue weighted by Crippen LogP contribution is 2.31. The number of hydrogen-bond donors (Lipinski definition) is 2. The van der Waals surface area contributed by atoms with Crippen LogP contribution in [0.1, 0.15) is 48.9 Å². The van der Waals surface area contributed by atoms with E-state index in [1.165, 1.54) is 0 Å². The predicted molar refractivity (Wildman–Crippen MR) is 122 cm³/mol. The summed E-state index contributed by atoms with van der Waals surface area (Å²) >= 11 is 0. The number of rotatable bonds is 4. The molecular formula is C24H28N4O6. The van der Waals surface area contributed by atoms with Crippen LogP contribution in [0.4, 0.5) is 0 Å². The number of hydrogen-bond acceptors (Lipinski definition) is 6. The van der Waals surface area contributed by atoms with Gasteiger partial charge in [0.05, 0.1) is 12.1 Å². The van der Waals surface area contributed by atoms with Crippen LogP contribution >= 0.6 is 0 Å². The Morgan fingerprint density at radius 2 is 1.21 bits per heavy atom. The molecule has 2 aliphatic heterocycles. The van der Waals surface area contributed by atoms with Crippen molar-refractivity contribution in [2.45, 2.75) is 37.8 Å². The summed E-state index contributed by atoms with van der Waals surface area (Å²) in [4.78, 5) is 53.3. The lowest BCUT2D eigenvalue weighted by atomic mass is 10.1. The largest absolute Gasteiger partial charge is 0.478 e. The maximum Gasteiger partial charge on any atom is 0.328 e. The van der Waals surface area contributed by atoms with E-state index < -0.39 is 11.9 Å². The molecule has 0 saturated carbocycles. The van der Waals surface area contributed by atoms with Gasteiger partial charge in [-0.3, -0.25) is 19.6 Å². The predicted octanol–water partition coefficient (Wildman–Crippen LogP) is 2.46. The van der Waals surface area contributed by atoms with Gasteiger partial charge in [-0.05, 0) is 36.1 Å². The lowest BCUT2D eigenvalue weighted by molar-refractivity contribution is -0.134. The average molecular weight is 469 g/mol. The minimum absolute atomic E-state index is 0.230. The second-order valence-corrected chi connectivity index (χ2v) is 7.70. The second kappa shape index (κ2) is 12.8. The standard InChI is InChI=1S/2C10H12N2O.C4H4O4/c2*1-12-9(4-5-10(12)13)8-3-2-6-11-7-8;5-3(6)1-2-4(7)8/h2*2-3,6-7,9H,4-5H2,1H3;1-2H,(H,5,6)(H,7,8)/b;;2-1+/t2*9-;/m11./s1. The number of aliphatic carboxylic acids is 2. The van der Waals surface area contributed by atoms with Gasteiger partial charge in [-0.25, -0.2) is 9.59 Å². The van der Waals surface area contributed by atoms with E-state index in [4.69, 9.17) is 10.2 Å². The summed E-state index contributed by atoms with van der Waals surface area (Å²) in [5.74, 6) is -2.05. The maximum atomic E-state index is 11.3. The fraction of sp³-hybridized carbons (Fsp3) is 0.333. The van der Waals surface area contributed by atoms with Crippen molar-refractivity contribution in [2.24, 2.45) is 0 Å². The molecule has 0 spiro atoms. The van der Waals surface area contributed by atoms with Crippen LogP contribution in [-0.4, -0.2) is 67.8 Å². The second-order valence-electron chi connectivity index (χ2n) is 7.70. The minimum Gasteiger partial charge on any atom is -0.478 e. The fourth-order valence-electron chi connectivity index (χ4n) is 3.68. The Labute approximate surface area is 197 Å². The van der Waals surface area contributed by atoms with Gasteiger partial charge in [0.25, 0.3) is 0 Å². The number of carbonyl (C=O) groups is 4. The lowest BCUT2D eigenvalue weighted by Crippen LogP contribution is -2.22. The van der Waals surface area contributed by atoms with Crippen LogP contribution in [0.2, 0.25) is 0 Å². The molecule has 2 atom stereocenters. The third-order valence-corrected chi connectivity index (χ3v) is 5.49. The highest BCUT2D eigenvalue weighted by atomic mass is 16.4. The first kappa shape index (κ1) is 26.2. The minimum atomic E-state index is -1.26. The molecule has 2 fully saturated rings. The van der Waals surface area contributed by atoms with Crippen molar-refractivity contribution in [2.75, 3.05) is 14.1 Å². The Bertz CT molecular complexity index is 931. The molecule has 4 heterocycles. The third kappa shape index (κ3) is 7.80. The van der Waals surface area contributed by atoms with Gasteiger partial charge in [0.1, 0.15) is 0 Å². The van der Waals surface area contributed by atoms with Crippen LogP contribution in [0.25, 0.3) is 0 Å². The molecular weight excluding hydrogens is 440 g/mol. The molecule has 34 heavy (non-hydrogen) atoms. The Balaban J connectivity index is 0.000000187. The molecule has 4 rings (SSSR count). The highest BCUT2D eigenvalue weighted by Gasteiger charge is 2.29. The Morgan fingerprint density at radius 3 is 1.44 bits per heavy atom. The quantitative estimate of drug-likeness (QED) is 0.652. The van der Waals surface area contributed by atoms with E-state index in [1.807, 2.05) is 50.8 Å². The highest BCUT2D eigenvalue weighted by molar-refractivity contribution is 5.89. The van der Waals surface area contributed by atoms with Crippen molar-refractivity contribution in [3.8, 4) is 0 Å². The third-order valence-electron chi connectivity index (χ3n) is 5.49. The summed E-state index contributed by atoms with van der Waals surface area (Å²) in [6, 6.07) is 8.33. The van der Waals surface area contributed by atoms with Gasteiger partial charge in [0.15, 0.2) is 0 Å². The van der Waals surface area contributed by atoms with Gasteiger partial charge in [-0.1, -0.05) is 12.1 Å². The number of nitrogens with zero attached hydrogens (tertiary/aromatic N) is 4. The SMILES string of the molecule is CN1C(=O)CC[C@@H]1c1cccnc1.CN1C(=O)CC[C@@H]1c1cccnc1.O=C(O)/C=C/C(=O)O. The van der Waals surface area contributed by atoms with Crippen LogP contribution in [0.5, 0.6) is 0 Å². The molecule has 0 aliphatic carbocycles. The maximum absolute atomic E-state index is 11.3. The first-order chi connectivity index (χ1) is 16.2. The summed E-state index contributed by atoms with van der Waals surface area (Å²) in [5, 5.41) is 15.6.